The van der Waals surface area contributed by atoms with Crippen molar-refractivity contribution in [1.29, 1.82) is 0 Å². The Balaban J connectivity index is 1.58. The molecule has 0 unspecified atom stereocenters. The van der Waals surface area contributed by atoms with E-state index < -0.39 is 23.4 Å². The van der Waals surface area contributed by atoms with Gasteiger partial charge in [-0.05, 0) is 63.0 Å². The van der Waals surface area contributed by atoms with E-state index in [1.165, 1.54) is 0 Å². The van der Waals surface area contributed by atoms with Crippen molar-refractivity contribution in [1.82, 2.24) is 0 Å². The Morgan fingerprint density at radius 1 is 1.31 bits per heavy atom. The Morgan fingerprint density at radius 3 is 2.81 bits per heavy atom. The Bertz CT molecular complexity index is 783. The molecule has 2 N–H and O–H groups in total. The van der Waals surface area contributed by atoms with Crippen molar-refractivity contribution >= 4 is 11.6 Å². The number of carbonyl (C=O) groups is 2. The average Bonchev–Trinajstić information content (AvgIpc) is 3.27. The number of carbonyl (C=O) groups excluding carboxylic acids is 2. The van der Waals surface area contributed by atoms with Gasteiger partial charge in [0.15, 0.2) is 11.6 Å². The first kappa shape index (κ1) is 16.8. The first-order chi connectivity index (χ1) is 12.2. The molecule has 0 aromatic carbocycles. The molecule has 1 saturated heterocycles. The number of rotatable bonds is 2. The molecule has 5 rings (SSSR count). The average molecular weight is 358 g/mol. The van der Waals surface area contributed by atoms with Crippen molar-refractivity contribution in [3.05, 3.63) is 23.8 Å². The number of hydrogen-bond donors (Lipinski definition) is 2. The van der Waals surface area contributed by atoms with Crippen LogP contribution in [0.25, 0.3) is 0 Å². The fourth-order valence-electron chi connectivity index (χ4n) is 7.24. The number of aliphatic hydroxyl groups excluding tert-OH is 1. The van der Waals surface area contributed by atoms with Crippen LogP contribution in [0.1, 0.15) is 46.0 Å². The Kier molecular flexibility index (Phi) is 3.08. The minimum atomic E-state index is -1.46. The summed E-state index contributed by atoms with van der Waals surface area (Å²) in [4.78, 5) is 24.3. The van der Waals surface area contributed by atoms with Crippen molar-refractivity contribution in [2.75, 3.05) is 6.61 Å². The molecule has 4 fully saturated rings. The Morgan fingerprint density at radius 2 is 2.08 bits per heavy atom. The van der Waals surface area contributed by atoms with Crippen LogP contribution in [-0.4, -0.2) is 45.7 Å². The van der Waals surface area contributed by atoms with E-state index in [0.29, 0.717) is 12.8 Å². The van der Waals surface area contributed by atoms with Crippen LogP contribution >= 0.6 is 0 Å². The lowest BCUT2D eigenvalue weighted by atomic mass is 9.47. The van der Waals surface area contributed by atoms with Gasteiger partial charge >= 0.3 is 0 Å². The maximum atomic E-state index is 12.4. The summed E-state index contributed by atoms with van der Waals surface area (Å²) in [5.41, 5.74) is -1.45. The highest BCUT2D eigenvalue weighted by Crippen LogP contribution is 2.75. The van der Waals surface area contributed by atoms with Crippen LogP contribution in [0.15, 0.2) is 23.8 Å². The van der Waals surface area contributed by atoms with E-state index in [4.69, 9.17) is 4.74 Å². The van der Waals surface area contributed by atoms with E-state index in [-0.39, 0.29) is 34.7 Å². The third-order valence-corrected chi connectivity index (χ3v) is 8.69. The molecule has 3 saturated carbocycles. The second-order valence-electron chi connectivity index (χ2n) is 9.36. The van der Waals surface area contributed by atoms with Gasteiger partial charge in [-0.3, -0.25) is 9.59 Å². The monoisotopic (exact) mass is 358 g/mol. The number of aliphatic hydroxyl groups is 2. The van der Waals surface area contributed by atoms with Crippen LogP contribution in [0.5, 0.6) is 0 Å². The molecule has 5 nitrogen and oxygen atoms in total. The number of Topliss-reactive ketones (excluding diaryl/α,β-unsaturated/α-hetero) is 1. The van der Waals surface area contributed by atoms with Gasteiger partial charge in [0.2, 0.25) is 0 Å². The topological polar surface area (TPSA) is 87.1 Å². The second-order valence-corrected chi connectivity index (χ2v) is 9.36. The van der Waals surface area contributed by atoms with Gasteiger partial charge in [0.05, 0.1) is 6.10 Å². The fourth-order valence-corrected chi connectivity index (χ4v) is 7.24. The van der Waals surface area contributed by atoms with Gasteiger partial charge in [-0.1, -0.05) is 18.6 Å². The summed E-state index contributed by atoms with van der Waals surface area (Å²) in [6.45, 7) is 3.57. The maximum Gasteiger partial charge on any atom is 0.190 e. The predicted octanol–water partition coefficient (Wildman–Crippen LogP) is 1.72. The third kappa shape index (κ3) is 1.60. The summed E-state index contributed by atoms with van der Waals surface area (Å²) in [5.74, 6) is 0.0355. The van der Waals surface area contributed by atoms with Gasteiger partial charge in [0.1, 0.15) is 17.8 Å². The largest absolute Gasteiger partial charge is 0.388 e. The summed E-state index contributed by atoms with van der Waals surface area (Å²) in [6.07, 6.45) is 9.04. The lowest BCUT2D eigenvalue weighted by molar-refractivity contribution is -0.159. The molecule has 0 radical (unpaired) electrons. The van der Waals surface area contributed by atoms with E-state index >= 15 is 0 Å². The van der Waals surface area contributed by atoms with E-state index in [1.807, 2.05) is 13.0 Å². The van der Waals surface area contributed by atoms with Gasteiger partial charge in [0.25, 0.3) is 0 Å². The molecule has 1 spiro atoms. The first-order valence-corrected chi connectivity index (χ1v) is 9.71. The number of epoxide rings is 1. The van der Waals surface area contributed by atoms with E-state index in [9.17, 15) is 19.8 Å². The van der Waals surface area contributed by atoms with Crippen LogP contribution in [0.4, 0.5) is 0 Å². The van der Waals surface area contributed by atoms with Crippen molar-refractivity contribution in [2.24, 2.45) is 22.7 Å². The highest BCUT2D eigenvalue weighted by Gasteiger charge is 2.81. The highest BCUT2D eigenvalue weighted by atomic mass is 16.6. The summed E-state index contributed by atoms with van der Waals surface area (Å²) in [7, 11) is 0. The van der Waals surface area contributed by atoms with Gasteiger partial charge in [-0.25, -0.2) is 0 Å². The zero-order valence-corrected chi connectivity index (χ0v) is 15.3. The van der Waals surface area contributed by atoms with Crippen molar-refractivity contribution < 1.29 is 24.5 Å². The predicted molar refractivity (Wildman–Crippen MR) is 93.2 cm³/mol. The molecule has 0 amide bonds. The Hall–Kier alpha value is -1.30. The van der Waals surface area contributed by atoms with E-state index in [0.717, 1.165) is 24.8 Å². The lowest BCUT2D eigenvalue weighted by Gasteiger charge is -2.55. The molecule has 0 bridgehead atoms. The van der Waals surface area contributed by atoms with Crippen molar-refractivity contribution in [2.45, 2.75) is 63.3 Å². The standard InChI is InChI=1S/C21H26O5/c1-18-7-5-13(23)9-12(18)3-4-15-14-6-8-20(25,16(24)11-22)19(14,2)10-17-21(15,18)26-17/h5,7,9,14-15,17,22,25H,3-4,6,8,10-11H2,1-2H3/t14-,15-,17-,18-,19-,20-,21+/m0/s1. The normalized spacial score (nSPS) is 53.9. The molecule has 0 aromatic heterocycles. The zero-order chi connectivity index (χ0) is 18.5. The minimum absolute atomic E-state index is 0.0172. The minimum Gasteiger partial charge on any atom is -0.388 e. The number of allylic oxidation sites excluding steroid dienone is 2. The van der Waals surface area contributed by atoms with Gasteiger partial charge in [0, 0.05) is 10.8 Å². The molecule has 5 heteroatoms. The number of ketones is 2. The summed E-state index contributed by atoms with van der Waals surface area (Å²) >= 11 is 0. The van der Waals surface area contributed by atoms with Crippen LogP contribution in [-0.2, 0) is 14.3 Å². The maximum absolute atomic E-state index is 12.4. The van der Waals surface area contributed by atoms with Crippen molar-refractivity contribution in [3.63, 3.8) is 0 Å². The molecule has 5 aliphatic rings. The molecule has 140 valence electrons. The fraction of sp³-hybridized carbons (Fsp3) is 0.714. The molecule has 7 atom stereocenters. The third-order valence-electron chi connectivity index (χ3n) is 8.69. The second kappa shape index (κ2) is 4.75. The molecular weight excluding hydrogens is 332 g/mol. The number of fused-ring (bicyclic) bond motifs is 3. The number of ether oxygens (including phenoxy) is 1. The highest BCUT2D eigenvalue weighted by molar-refractivity contribution is 6.01. The number of hydrogen-bond acceptors (Lipinski definition) is 5. The zero-order valence-electron chi connectivity index (χ0n) is 15.3. The van der Waals surface area contributed by atoms with Gasteiger partial charge in [-0.2, -0.15) is 0 Å². The first-order valence-electron chi connectivity index (χ1n) is 9.71. The van der Waals surface area contributed by atoms with Gasteiger partial charge < -0.3 is 14.9 Å². The van der Waals surface area contributed by atoms with Crippen LogP contribution in [0.2, 0.25) is 0 Å². The van der Waals surface area contributed by atoms with E-state index in [2.05, 4.69) is 6.92 Å². The molecule has 1 heterocycles. The quantitative estimate of drug-likeness (QED) is 0.734. The smallest absolute Gasteiger partial charge is 0.190 e. The van der Waals surface area contributed by atoms with Crippen LogP contribution in [0, 0.1) is 22.7 Å². The van der Waals surface area contributed by atoms with Crippen LogP contribution in [0.3, 0.4) is 0 Å². The Labute approximate surface area is 153 Å². The van der Waals surface area contributed by atoms with Gasteiger partial charge in [-0.15, -0.1) is 0 Å². The summed E-state index contributed by atoms with van der Waals surface area (Å²) in [6, 6.07) is 0. The molecule has 0 aromatic rings. The van der Waals surface area contributed by atoms with Crippen molar-refractivity contribution in [3.8, 4) is 0 Å². The summed E-state index contributed by atoms with van der Waals surface area (Å²) < 4.78 is 6.40. The summed E-state index contributed by atoms with van der Waals surface area (Å²) in [5, 5.41) is 20.6. The van der Waals surface area contributed by atoms with Crippen LogP contribution < -0.4 is 0 Å². The molecule has 4 aliphatic carbocycles. The molecule has 26 heavy (non-hydrogen) atoms. The van der Waals surface area contributed by atoms with E-state index in [1.54, 1.807) is 12.2 Å². The lowest BCUT2D eigenvalue weighted by Crippen LogP contribution is -2.61. The SMILES string of the molecule is C[C@]12C=CC(=O)C=C1CC[C@H]1[C@@H]3CC[C@](O)(C(=O)CO)[C@@]3(C)C[C@@H]3O[C@@]312. The molecule has 1 aliphatic heterocycles. The molecular formula is C21H26O5.